The summed E-state index contributed by atoms with van der Waals surface area (Å²) in [5.74, 6) is 0. The maximum Gasteiger partial charge on any atom is 0.0589 e. The number of rotatable bonds is 7. The molecule has 0 radical (unpaired) electrons. The van der Waals surface area contributed by atoms with E-state index in [0.717, 1.165) is 32.8 Å². The Labute approximate surface area is 99.3 Å². The maximum atomic E-state index is 5.17. The minimum atomic E-state index is 0.631. The topological polar surface area (TPSA) is 33.7 Å². The Morgan fingerprint density at radius 1 is 1.19 bits per heavy atom. The summed E-state index contributed by atoms with van der Waals surface area (Å²) < 4.78 is 10.3. The van der Waals surface area contributed by atoms with Gasteiger partial charge < -0.3 is 14.8 Å². The predicted octanol–water partition coefficient (Wildman–Crippen LogP) is 0.722. The molecule has 1 fully saturated rings. The second kappa shape index (κ2) is 8.01. The van der Waals surface area contributed by atoms with Crippen LogP contribution in [0.25, 0.3) is 0 Å². The smallest absolute Gasteiger partial charge is 0.0589 e. The third-order valence-electron chi connectivity index (χ3n) is 3.28. The number of piperidine rings is 1. The minimum Gasteiger partial charge on any atom is -0.383 e. The molecule has 96 valence electrons. The van der Waals surface area contributed by atoms with Gasteiger partial charge in [0.15, 0.2) is 0 Å². The van der Waals surface area contributed by atoms with Gasteiger partial charge in [-0.2, -0.15) is 0 Å². The summed E-state index contributed by atoms with van der Waals surface area (Å²) in [4.78, 5) is 2.50. The van der Waals surface area contributed by atoms with Crippen LogP contribution in [0.5, 0.6) is 0 Å². The summed E-state index contributed by atoms with van der Waals surface area (Å²) in [7, 11) is 3.53. The van der Waals surface area contributed by atoms with Crippen LogP contribution >= 0.6 is 0 Å². The highest BCUT2D eigenvalue weighted by Gasteiger charge is 2.23. The van der Waals surface area contributed by atoms with E-state index in [1.165, 1.54) is 12.8 Å². The molecule has 0 amide bonds. The molecular weight excluding hydrogens is 204 g/mol. The molecule has 0 saturated carbocycles. The molecule has 0 aromatic carbocycles. The van der Waals surface area contributed by atoms with Crippen LogP contribution in [0.2, 0.25) is 0 Å². The van der Waals surface area contributed by atoms with Gasteiger partial charge in [0.2, 0.25) is 0 Å². The fourth-order valence-corrected chi connectivity index (χ4v) is 2.33. The Bertz CT molecular complexity index is 170. The largest absolute Gasteiger partial charge is 0.383 e. The molecule has 0 bridgehead atoms. The van der Waals surface area contributed by atoms with Crippen molar-refractivity contribution in [2.45, 2.75) is 31.8 Å². The first-order valence-electron chi connectivity index (χ1n) is 6.23. The number of ether oxygens (including phenoxy) is 2. The molecule has 2 unspecified atom stereocenters. The molecule has 4 nitrogen and oxygen atoms in total. The van der Waals surface area contributed by atoms with Crippen molar-refractivity contribution in [3.05, 3.63) is 0 Å². The standard InChI is InChI=1S/C12H26N2O2/c1-11-10-12(4-5-13-11)14(6-8-15-2)7-9-16-3/h11-13H,4-10H2,1-3H3. The lowest BCUT2D eigenvalue weighted by molar-refractivity contribution is 0.0709. The SMILES string of the molecule is COCCN(CCOC)C1CCNC(C)C1. The Balaban J connectivity index is 2.38. The Kier molecular flexibility index (Phi) is 6.96. The van der Waals surface area contributed by atoms with Crippen molar-refractivity contribution in [2.24, 2.45) is 0 Å². The van der Waals surface area contributed by atoms with Crippen molar-refractivity contribution in [2.75, 3.05) is 47.1 Å². The van der Waals surface area contributed by atoms with Crippen LogP contribution in [0.1, 0.15) is 19.8 Å². The summed E-state index contributed by atoms with van der Waals surface area (Å²) in [5.41, 5.74) is 0. The van der Waals surface area contributed by atoms with Crippen LogP contribution in [-0.4, -0.2) is 64.1 Å². The number of hydrogen-bond acceptors (Lipinski definition) is 4. The number of hydrogen-bond donors (Lipinski definition) is 1. The van der Waals surface area contributed by atoms with Crippen LogP contribution in [-0.2, 0) is 9.47 Å². The summed E-state index contributed by atoms with van der Waals surface area (Å²) in [6, 6.07) is 1.31. The minimum absolute atomic E-state index is 0.631. The molecule has 0 aromatic rings. The lowest BCUT2D eigenvalue weighted by Crippen LogP contribution is -2.48. The molecule has 0 aliphatic carbocycles. The lowest BCUT2D eigenvalue weighted by Gasteiger charge is -2.37. The van der Waals surface area contributed by atoms with Crippen molar-refractivity contribution in [3.8, 4) is 0 Å². The first-order chi connectivity index (χ1) is 7.77. The Hall–Kier alpha value is -0.160. The molecule has 16 heavy (non-hydrogen) atoms. The van der Waals surface area contributed by atoms with E-state index in [4.69, 9.17) is 9.47 Å². The molecule has 0 aromatic heterocycles. The average Bonchev–Trinajstić information content (AvgIpc) is 2.29. The first kappa shape index (κ1) is 13.9. The van der Waals surface area contributed by atoms with Crippen molar-refractivity contribution in [3.63, 3.8) is 0 Å². The fraction of sp³-hybridized carbons (Fsp3) is 1.00. The van der Waals surface area contributed by atoms with Gasteiger partial charge in [0.05, 0.1) is 13.2 Å². The molecule has 1 saturated heterocycles. The zero-order valence-electron chi connectivity index (χ0n) is 10.9. The Morgan fingerprint density at radius 3 is 2.31 bits per heavy atom. The van der Waals surface area contributed by atoms with Gasteiger partial charge >= 0.3 is 0 Å². The second-order valence-electron chi connectivity index (χ2n) is 4.55. The zero-order valence-corrected chi connectivity index (χ0v) is 10.9. The van der Waals surface area contributed by atoms with Gasteiger partial charge in [0, 0.05) is 39.4 Å². The molecule has 1 aliphatic rings. The summed E-state index contributed by atoms with van der Waals surface area (Å²) in [5, 5.41) is 3.49. The van der Waals surface area contributed by atoms with Gasteiger partial charge in [-0.1, -0.05) is 0 Å². The summed E-state index contributed by atoms with van der Waals surface area (Å²) in [6.45, 7) is 7.03. The maximum absolute atomic E-state index is 5.17. The molecular formula is C12H26N2O2. The van der Waals surface area contributed by atoms with E-state index in [9.17, 15) is 0 Å². The van der Waals surface area contributed by atoms with Crippen LogP contribution in [0, 0.1) is 0 Å². The third-order valence-corrected chi connectivity index (χ3v) is 3.28. The van der Waals surface area contributed by atoms with E-state index in [0.29, 0.717) is 12.1 Å². The van der Waals surface area contributed by atoms with E-state index in [1.54, 1.807) is 14.2 Å². The highest BCUT2D eigenvalue weighted by atomic mass is 16.5. The third kappa shape index (κ3) is 4.78. The molecule has 1 rings (SSSR count). The van der Waals surface area contributed by atoms with Crippen LogP contribution < -0.4 is 5.32 Å². The van der Waals surface area contributed by atoms with Gasteiger partial charge in [0.25, 0.3) is 0 Å². The molecule has 4 heteroatoms. The highest BCUT2D eigenvalue weighted by molar-refractivity contribution is 4.82. The zero-order chi connectivity index (χ0) is 11.8. The number of nitrogens with one attached hydrogen (secondary N) is 1. The van der Waals surface area contributed by atoms with Crippen molar-refractivity contribution < 1.29 is 9.47 Å². The lowest BCUT2D eigenvalue weighted by atomic mass is 9.99. The highest BCUT2D eigenvalue weighted by Crippen LogP contribution is 2.15. The normalized spacial score (nSPS) is 26.2. The van der Waals surface area contributed by atoms with Gasteiger partial charge in [-0.05, 0) is 26.3 Å². The predicted molar refractivity (Wildman–Crippen MR) is 65.8 cm³/mol. The molecule has 1 N–H and O–H groups in total. The second-order valence-corrected chi connectivity index (χ2v) is 4.55. The number of methoxy groups -OCH3 is 2. The monoisotopic (exact) mass is 230 g/mol. The molecule has 1 aliphatic heterocycles. The molecule has 2 atom stereocenters. The van der Waals surface area contributed by atoms with E-state index >= 15 is 0 Å². The van der Waals surface area contributed by atoms with Gasteiger partial charge in [-0.25, -0.2) is 0 Å². The summed E-state index contributed by atoms with van der Waals surface area (Å²) >= 11 is 0. The van der Waals surface area contributed by atoms with E-state index in [-0.39, 0.29) is 0 Å². The molecule has 0 spiro atoms. The average molecular weight is 230 g/mol. The van der Waals surface area contributed by atoms with Gasteiger partial charge in [-0.3, -0.25) is 4.90 Å². The molecule has 1 heterocycles. The van der Waals surface area contributed by atoms with Gasteiger partial charge in [0.1, 0.15) is 0 Å². The quantitative estimate of drug-likeness (QED) is 0.699. The van der Waals surface area contributed by atoms with Gasteiger partial charge in [-0.15, -0.1) is 0 Å². The van der Waals surface area contributed by atoms with E-state index in [1.807, 2.05) is 0 Å². The number of nitrogens with zero attached hydrogens (tertiary/aromatic N) is 1. The first-order valence-corrected chi connectivity index (χ1v) is 6.23. The van der Waals surface area contributed by atoms with Crippen molar-refractivity contribution in [1.29, 1.82) is 0 Å². The van der Waals surface area contributed by atoms with Crippen molar-refractivity contribution in [1.82, 2.24) is 10.2 Å². The fourth-order valence-electron chi connectivity index (χ4n) is 2.33. The van der Waals surface area contributed by atoms with E-state index in [2.05, 4.69) is 17.1 Å². The van der Waals surface area contributed by atoms with Crippen LogP contribution in [0.3, 0.4) is 0 Å². The van der Waals surface area contributed by atoms with Crippen molar-refractivity contribution >= 4 is 0 Å². The Morgan fingerprint density at radius 2 is 1.81 bits per heavy atom. The summed E-state index contributed by atoms with van der Waals surface area (Å²) in [6.07, 6.45) is 2.46. The van der Waals surface area contributed by atoms with Crippen LogP contribution in [0.15, 0.2) is 0 Å². The van der Waals surface area contributed by atoms with E-state index < -0.39 is 0 Å². The van der Waals surface area contributed by atoms with Crippen LogP contribution in [0.4, 0.5) is 0 Å².